The van der Waals surface area contributed by atoms with Gasteiger partial charge in [-0.3, -0.25) is 4.98 Å². The molecule has 2 N–H and O–H groups in total. The molecule has 2 aliphatic rings. The Morgan fingerprint density at radius 2 is 1.93 bits per heavy atom. The first-order valence-corrected chi connectivity index (χ1v) is 9.73. The van der Waals surface area contributed by atoms with E-state index in [4.69, 9.17) is 21.7 Å². The van der Waals surface area contributed by atoms with E-state index in [1.54, 1.807) is 42.9 Å². The van der Waals surface area contributed by atoms with E-state index in [1.807, 2.05) is 0 Å². The average Bonchev–Trinajstić information content (AvgIpc) is 3.45. The molecule has 1 fully saturated rings. The number of benzene rings is 1. The van der Waals surface area contributed by atoms with Crippen LogP contribution >= 0.6 is 12.2 Å². The van der Waals surface area contributed by atoms with E-state index in [2.05, 4.69) is 20.6 Å². The minimum absolute atomic E-state index is 0.00491. The normalized spacial score (nSPS) is 20.9. The maximum Gasteiger partial charge on any atom is 0.172 e. The Hall–Kier alpha value is -3.33. The molecule has 1 aromatic carbocycles. The Kier molecular flexibility index (Phi) is 4.66. The van der Waals surface area contributed by atoms with Crippen molar-refractivity contribution in [1.82, 2.24) is 15.3 Å². The SMILES string of the molecule is Fc1ccc(F)c2c1OC[C@H]1[C@@H](NC(=S)Nc3ccc(Oc4cccnc4)cn3)[C@@H]21. The van der Waals surface area contributed by atoms with Crippen molar-refractivity contribution < 1.29 is 18.3 Å². The number of aromatic nitrogens is 2. The van der Waals surface area contributed by atoms with Crippen LogP contribution in [-0.2, 0) is 0 Å². The Balaban J connectivity index is 1.21. The minimum Gasteiger partial charge on any atom is -0.490 e. The summed E-state index contributed by atoms with van der Waals surface area (Å²) in [6, 6.07) is 9.14. The molecule has 9 heteroatoms. The first-order chi connectivity index (χ1) is 14.6. The maximum absolute atomic E-state index is 14.2. The molecule has 0 spiro atoms. The molecule has 0 unspecified atom stereocenters. The van der Waals surface area contributed by atoms with Gasteiger partial charge in [-0.05, 0) is 48.6 Å². The van der Waals surface area contributed by atoms with E-state index >= 15 is 0 Å². The standard InChI is InChI=1S/C21H16F2N4O2S/c22-14-4-5-15(23)20-18(14)17-13(10-28-20)19(17)27-21(30)26-16-6-3-12(9-25-16)29-11-2-1-7-24-8-11/h1-9,13,17,19H,10H2,(H2,25,26,27,30)/t13-,17-,19-/m1/s1. The fourth-order valence-corrected chi connectivity index (χ4v) is 3.96. The summed E-state index contributed by atoms with van der Waals surface area (Å²) in [5.74, 6) is 0.564. The van der Waals surface area contributed by atoms with Crippen LogP contribution in [0.1, 0.15) is 11.5 Å². The van der Waals surface area contributed by atoms with E-state index in [9.17, 15) is 8.78 Å². The van der Waals surface area contributed by atoms with Crippen molar-refractivity contribution in [1.29, 1.82) is 0 Å². The highest BCUT2D eigenvalue weighted by Crippen LogP contribution is 2.55. The molecule has 0 amide bonds. The van der Waals surface area contributed by atoms with Crippen LogP contribution in [-0.4, -0.2) is 27.7 Å². The molecule has 0 saturated heterocycles. The fourth-order valence-electron chi connectivity index (χ4n) is 3.72. The lowest BCUT2D eigenvalue weighted by Gasteiger charge is -2.16. The van der Waals surface area contributed by atoms with Crippen molar-refractivity contribution in [2.24, 2.45) is 5.92 Å². The van der Waals surface area contributed by atoms with Gasteiger partial charge in [0.05, 0.1) is 19.0 Å². The van der Waals surface area contributed by atoms with Crippen molar-refractivity contribution in [2.75, 3.05) is 11.9 Å². The highest BCUT2D eigenvalue weighted by atomic mass is 32.1. The number of fused-ring (bicyclic) bond motifs is 3. The summed E-state index contributed by atoms with van der Waals surface area (Å²) >= 11 is 5.36. The summed E-state index contributed by atoms with van der Waals surface area (Å²) in [4.78, 5) is 8.27. The van der Waals surface area contributed by atoms with Gasteiger partial charge in [0.25, 0.3) is 0 Å². The number of thiocarbonyl (C=S) groups is 1. The lowest BCUT2D eigenvalue weighted by molar-refractivity contribution is 0.260. The van der Waals surface area contributed by atoms with Crippen LogP contribution < -0.4 is 20.1 Å². The second-order valence-electron chi connectivity index (χ2n) is 7.07. The van der Waals surface area contributed by atoms with Gasteiger partial charge in [0.1, 0.15) is 23.1 Å². The number of hydrogen-bond donors (Lipinski definition) is 2. The molecule has 1 saturated carbocycles. The average molecular weight is 426 g/mol. The lowest BCUT2D eigenvalue weighted by Crippen LogP contribution is -2.32. The summed E-state index contributed by atoms with van der Waals surface area (Å²) in [6.07, 6.45) is 4.84. The zero-order chi connectivity index (χ0) is 20.7. The zero-order valence-electron chi connectivity index (χ0n) is 15.5. The first-order valence-electron chi connectivity index (χ1n) is 9.32. The third-order valence-electron chi connectivity index (χ3n) is 5.16. The lowest BCUT2D eigenvalue weighted by atomic mass is 10.0. The number of hydrogen-bond acceptors (Lipinski definition) is 5. The molecule has 3 heterocycles. The van der Waals surface area contributed by atoms with Gasteiger partial charge in [-0.2, -0.15) is 0 Å². The quantitative estimate of drug-likeness (QED) is 0.611. The molecule has 1 aliphatic carbocycles. The number of nitrogens with one attached hydrogen (secondary N) is 2. The van der Waals surface area contributed by atoms with E-state index in [1.165, 1.54) is 0 Å². The predicted molar refractivity (Wildman–Crippen MR) is 110 cm³/mol. The summed E-state index contributed by atoms with van der Waals surface area (Å²) in [5, 5.41) is 6.50. The van der Waals surface area contributed by atoms with Crippen LogP contribution in [0.4, 0.5) is 14.6 Å². The van der Waals surface area contributed by atoms with Crippen molar-refractivity contribution in [3.63, 3.8) is 0 Å². The molecular formula is C21H16F2N4O2S. The van der Waals surface area contributed by atoms with E-state index in [0.717, 1.165) is 12.1 Å². The van der Waals surface area contributed by atoms with Crippen LogP contribution in [0, 0.1) is 17.6 Å². The van der Waals surface area contributed by atoms with E-state index < -0.39 is 11.6 Å². The highest BCUT2D eigenvalue weighted by molar-refractivity contribution is 7.80. The van der Waals surface area contributed by atoms with Crippen LogP contribution in [0.2, 0.25) is 0 Å². The Morgan fingerprint density at radius 1 is 1.10 bits per heavy atom. The van der Waals surface area contributed by atoms with Crippen LogP contribution in [0.3, 0.4) is 0 Å². The van der Waals surface area contributed by atoms with E-state index in [-0.39, 0.29) is 29.2 Å². The topological polar surface area (TPSA) is 68.3 Å². The summed E-state index contributed by atoms with van der Waals surface area (Å²) in [5.41, 5.74) is 0.279. The van der Waals surface area contributed by atoms with E-state index in [0.29, 0.717) is 29.0 Å². The van der Waals surface area contributed by atoms with Gasteiger partial charge in [0.15, 0.2) is 16.7 Å². The van der Waals surface area contributed by atoms with Gasteiger partial charge in [-0.15, -0.1) is 0 Å². The molecule has 0 bridgehead atoms. The smallest absolute Gasteiger partial charge is 0.172 e. The van der Waals surface area contributed by atoms with Crippen LogP contribution in [0.25, 0.3) is 0 Å². The van der Waals surface area contributed by atoms with Gasteiger partial charge >= 0.3 is 0 Å². The Labute approximate surface area is 176 Å². The van der Waals surface area contributed by atoms with Gasteiger partial charge in [0, 0.05) is 29.6 Å². The third-order valence-corrected chi connectivity index (χ3v) is 5.38. The predicted octanol–water partition coefficient (Wildman–Crippen LogP) is 4.01. The third kappa shape index (κ3) is 3.52. The van der Waals surface area contributed by atoms with Crippen molar-refractivity contribution in [3.05, 3.63) is 72.2 Å². The van der Waals surface area contributed by atoms with Gasteiger partial charge in [0.2, 0.25) is 0 Å². The molecular weight excluding hydrogens is 410 g/mol. The Morgan fingerprint density at radius 3 is 2.70 bits per heavy atom. The number of ether oxygens (including phenoxy) is 2. The van der Waals surface area contributed by atoms with Crippen molar-refractivity contribution in [2.45, 2.75) is 12.0 Å². The number of nitrogens with zero attached hydrogens (tertiary/aromatic N) is 2. The number of rotatable bonds is 4. The van der Waals surface area contributed by atoms with Crippen LogP contribution in [0.5, 0.6) is 17.2 Å². The zero-order valence-corrected chi connectivity index (χ0v) is 16.3. The first kappa shape index (κ1) is 18.7. The minimum atomic E-state index is -0.547. The van der Waals surface area contributed by atoms with Gasteiger partial charge < -0.3 is 20.1 Å². The number of anilines is 1. The molecule has 152 valence electrons. The molecule has 6 nitrogen and oxygen atoms in total. The molecule has 3 aromatic rings. The van der Waals surface area contributed by atoms with Gasteiger partial charge in [-0.1, -0.05) is 0 Å². The number of halogens is 2. The van der Waals surface area contributed by atoms with Crippen LogP contribution in [0.15, 0.2) is 55.0 Å². The highest BCUT2D eigenvalue weighted by Gasteiger charge is 2.57. The molecule has 5 rings (SSSR count). The summed E-state index contributed by atoms with van der Waals surface area (Å²) in [6.45, 7) is 0.316. The van der Waals surface area contributed by atoms with Crippen molar-refractivity contribution in [3.8, 4) is 17.2 Å². The Bertz CT molecular complexity index is 1100. The second-order valence-corrected chi connectivity index (χ2v) is 7.48. The molecule has 0 radical (unpaired) electrons. The second kappa shape index (κ2) is 7.49. The van der Waals surface area contributed by atoms with Crippen molar-refractivity contribution >= 4 is 23.1 Å². The maximum atomic E-state index is 14.2. The largest absolute Gasteiger partial charge is 0.490 e. The monoisotopic (exact) mass is 426 g/mol. The number of pyridine rings is 2. The molecule has 30 heavy (non-hydrogen) atoms. The summed E-state index contributed by atoms with van der Waals surface area (Å²) in [7, 11) is 0. The molecule has 1 aliphatic heterocycles. The van der Waals surface area contributed by atoms with Gasteiger partial charge in [-0.25, -0.2) is 13.8 Å². The summed E-state index contributed by atoms with van der Waals surface area (Å²) < 4.78 is 39.2. The molecule has 3 atom stereocenters. The fraction of sp³-hybridized carbons (Fsp3) is 0.190. The molecule has 2 aromatic heterocycles.